The van der Waals surface area contributed by atoms with Gasteiger partial charge in [0.2, 0.25) is 0 Å². The molecule has 0 radical (unpaired) electrons. The fraction of sp³-hybridized carbons (Fsp3) is 0.143. The Morgan fingerprint density at radius 1 is 1.45 bits per heavy atom. The van der Waals surface area contributed by atoms with Crippen LogP contribution in [0.1, 0.15) is 11.1 Å². The molecule has 0 amide bonds. The lowest BCUT2D eigenvalue weighted by Crippen LogP contribution is -2.19. The summed E-state index contributed by atoms with van der Waals surface area (Å²) in [7, 11) is 1.79. The zero-order valence-corrected chi connectivity index (χ0v) is 11.0. The number of hydrogen-bond acceptors (Lipinski definition) is 4. The highest BCUT2D eigenvalue weighted by molar-refractivity contribution is 5.97. The number of aromatic nitrogens is 1. The first-order valence-electron chi connectivity index (χ1n) is 5.99. The lowest BCUT2D eigenvalue weighted by Gasteiger charge is -2.20. The van der Waals surface area contributed by atoms with Gasteiger partial charge in [0.15, 0.2) is 5.84 Å². The molecule has 6 heteroatoms. The van der Waals surface area contributed by atoms with Crippen molar-refractivity contribution in [1.82, 2.24) is 4.98 Å². The summed E-state index contributed by atoms with van der Waals surface area (Å²) in [5, 5.41) is 11.4. The zero-order chi connectivity index (χ0) is 14.5. The summed E-state index contributed by atoms with van der Waals surface area (Å²) in [4.78, 5) is 5.79. The summed E-state index contributed by atoms with van der Waals surface area (Å²) < 4.78 is 14.1. The molecule has 0 fully saturated rings. The molecule has 5 nitrogen and oxygen atoms in total. The second-order valence-electron chi connectivity index (χ2n) is 4.37. The molecule has 0 saturated heterocycles. The van der Waals surface area contributed by atoms with Gasteiger partial charge >= 0.3 is 0 Å². The fourth-order valence-corrected chi connectivity index (χ4v) is 1.88. The molecule has 1 heterocycles. The van der Waals surface area contributed by atoms with E-state index in [1.807, 2.05) is 12.1 Å². The van der Waals surface area contributed by atoms with Crippen LogP contribution in [0.5, 0.6) is 0 Å². The molecule has 104 valence electrons. The first-order chi connectivity index (χ1) is 9.61. The summed E-state index contributed by atoms with van der Waals surface area (Å²) in [5.74, 6) is -0.550. The maximum atomic E-state index is 14.1. The minimum atomic E-state index is -0.430. The van der Waals surface area contributed by atoms with Gasteiger partial charge in [0, 0.05) is 31.5 Å². The lowest BCUT2D eigenvalue weighted by atomic mass is 10.1. The van der Waals surface area contributed by atoms with E-state index in [0.717, 1.165) is 5.56 Å². The highest BCUT2D eigenvalue weighted by Crippen LogP contribution is 2.21. The van der Waals surface area contributed by atoms with E-state index < -0.39 is 5.82 Å². The lowest BCUT2D eigenvalue weighted by molar-refractivity contribution is 0.318. The topological polar surface area (TPSA) is 74.7 Å². The number of nitrogens with two attached hydrogens (primary N) is 1. The molecule has 2 aromatic rings. The largest absolute Gasteiger partial charge is 0.409 e. The number of nitrogens with zero attached hydrogens (tertiary/aromatic N) is 3. The summed E-state index contributed by atoms with van der Waals surface area (Å²) in [6.45, 7) is 0.535. The van der Waals surface area contributed by atoms with Crippen molar-refractivity contribution in [1.29, 1.82) is 0 Å². The van der Waals surface area contributed by atoms with Gasteiger partial charge in [0.05, 0.1) is 5.69 Å². The van der Waals surface area contributed by atoms with E-state index in [2.05, 4.69) is 10.1 Å². The van der Waals surface area contributed by atoms with Crippen molar-refractivity contribution >= 4 is 11.5 Å². The van der Waals surface area contributed by atoms with E-state index in [-0.39, 0.29) is 5.84 Å². The Hall–Kier alpha value is -2.63. The molecule has 20 heavy (non-hydrogen) atoms. The van der Waals surface area contributed by atoms with Crippen LogP contribution in [0.25, 0.3) is 0 Å². The van der Waals surface area contributed by atoms with Crippen molar-refractivity contribution < 1.29 is 9.60 Å². The van der Waals surface area contributed by atoms with Gasteiger partial charge in [-0.1, -0.05) is 11.2 Å². The van der Waals surface area contributed by atoms with Gasteiger partial charge in [-0.25, -0.2) is 4.39 Å². The first kappa shape index (κ1) is 13.8. The molecule has 1 aromatic carbocycles. The Morgan fingerprint density at radius 3 is 2.85 bits per heavy atom. The minimum Gasteiger partial charge on any atom is -0.409 e. The molecule has 0 aliphatic carbocycles. The number of pyridine rings is 1. The van der Waals surface area contributed by atoms with Crippen molar-refractivity contribution in [3.8, 4) is 0 Å². The maximum absolute atomic E-state index is 14.1. The SMILES string of the molecule is CN(Cc1cccnc1)c1ccc(/C(N)=N/O)cc1F. The predicted octanol–water partition coefficient (Wildman–Crippen LogP) is 1.95. The van der Waals surface area contributed by atoms with Gasteiger partial charge in [-0.05, 0) is 29.8 Å². The van der Waals surface area contributed by atoms with Crippen LogP contribution in [0.15, 0.2) is 47.9 Å². The molecule has 0 bridgehead atoms. The Balaban J connectivity index is 2.20. The molecular formula is C14H15FN4O. The van der Waals surface area contributed by atoms with E-state index in [1.54, 1.807) is 36.5 Å². The fourth-order valence-electron chi connectivity index (χ4n) is 1.88. The number of halogens is 1. The average Bonchev–Trinajstić information content (AvgIpc) is 2.47. The third-order valence-corrected chi connectivity index (χ3v) is 2.90. The van der Waals surface area contributed by atoms with Crippen LogP contribution in [-0.4, -0.2) is 23.1 Å². The van der Waals surface area contributed by atoms with E-state index in [9.17, 15) is 4.39 Å². The quantitative estimate of drug-likeness (QED) is 0.387. The molecule has 1 aromatic heterocycles. The van der Waals surface area contributed by atoms with Crippen molar-refractivity contribution in [3.63, 3.8) is 0 Å². The Kier molecular flexibility index (Phi) is 4.14. The van der Waals surface area contributed by atoms with Crippen LogP contribution >= 0.6 is 0 Å². The third kappa shape index (κ3) is 3.03. The van der Waals surface area contributed by atoms with Gasteiger partial charge in [-0.3, -0.25) is 4.98 Å². The molecule has 0 unspecified atom stereocenters. The van der Waals surface area contributed by atoms with Crippen LogP contribution in [0.3, 0.4) is 0 Å². The summed E-state index contributed by atoms with van der Waals surface area (Å²) in [6.07, 6.45) is 3.43. The summed E-state index contributed by atoms with van der Waals surface area (Å²) >= 11 is 0. The number of oxime groups is 1. The second kappa shape index (κ2) is 6.01. The number of rotatable bonds is 4. The van der Waals surface area contributed by atoms with Crippen LogP contribution < -0.4 is 10.6 Å². The van der Waals surface area contributed by atoms with Crippen LogP contribution in [0.2, 0.25) is 0 Å². The van der Waals surface area contributed by atoms with Gasteiger partial charge < -0.3 is 15.8 Å². The van der Waals surface area contributed by atoms with E-state index in [0.29, 0.717) is 17.8 Å². The van der Waals surface area contributed by atoms with Crippen LogP contribution in [0, 0.1) is 5.82 Å². The third-order valence-electron chi connectivity index (χ3n) is 2.90. The molecule has 0 aliphatic heterocycles. The van der Waals surface area contributed by atoms with Crippen molar-refractivity contribution in [2.75, 3.05) is 11.9 Å². The van der Waals surface area contributed by atoms with Crippen molar-refractivity contribution in [3.05, 3.63) is 59.7 Å². The maximum Gasteiger partial charge on any atom is 0.170 e. The summed E-state index contributed by atoms with van der Waals surface area (Å²) in [5.41, 5.74) is 7.18. The van der Waals surface area contributed by atoms with E-state index in [4.69, 9.17) is 10.9 Å². The molecule has 0 spiro atoms. The monoisotopic (exact) mass is 274 g/mol. The van der Waals surface area contributed by atoms with Gasteiger partial charge in [-0.2, -0.15) is 0 Å². The Bertz CT molecular complexity index is 616. The van der Waals surface area contributed by atoms with E-state index in [1.165, 1.54) is 6.07 Å². The normalized spacial score (nSPS) is 11.4. The molecule has 0 atom stereocenters. The first-order valence-corrected chi connectivity index (χ1v) is 5.99. The number of anilines is 1. The van der Waals surface area contributed by atoms with Crippen molar-refractivity contribution in [2.45, 2.75) is 6.54 Å². The zero-order valence-electron chi connectivity index (χ0n) is 11.0. The summed E-state index contributed by atoms with van der Waals surface area (Å²) in [6, 6.07) is 8.20. The molecule has 0 saturated carbocycles. The molecule has 2 rings (SSSR count). The molecule has 3 N–H and O–H groups in total. The van der Waals surface area contributed by atoms with Gasteiger partial charge in [0.1, 0.15) is 5.82 Å². The number of hydrogen-bond donors (Lipinski definition) is 2. The predicted molar refractivity (Wildman–Crippen MR) is 75.3 cm³/mol. The molecular weight excluding hydrogens is 259 g/mol. The number of benzene rings is 1. The van der Waals surface area contributed by atoms with Crippen LogP contribution in [0.4, 0.5) is 10.1 Å². The van der Waals surface area contributed by atoms with Gasteiger partial charge in [0.25, 0.3) is 0 Å². The van der Waals surface area contributed by atoms with Crippen molar-refractivity contribution in [2.24, 2.45) is 10.9 Å². The smallest absolute Gasteiger partial charge is 0.170 e. The molecule has 0 aliphatic rings. The minimum absolute atomic E-state index is 0.120. The number of amidine groups is 1. The highest BCUT2D eigenvalue weighted by Gasteiger charge is 2.10. The average molecular weight is 274 g/mol. The highest BCUT2D eigenvalue weighted by atomic mass is 19.1. The standard InChI is InChI=1S/C14H15FN4O/c1-19(9-10-3-2-6-17-8-10)13-5-4-11(7-12(13)15)14(16)18-20/h2-8,20H,9H2,1H3,(H2,16,18). The Labute approximate surface area is 116 Å². The van der Waals surface area contributed by atoms with Crippen LogP contribution in [-0.2, 0) is 6.54 Å². The van der Waals surface area contributed by atoms with Gasteiger partial charge in [-0.15, -0.1) is 0 Å². The Morgan fingerprint density at radius 2 is 2.25 bits per heavy atom. The second-order valence-corrected chi connectivity index (χ2v) is 4.37. The van der Waals surface area contributed by atoms with E-state index >= 15 is 0 Å².